The molecule has 33 heavy (non-hydrogen) atoms. The smallest absolute Gasteiger partial charge is 0.306 e. The molecule has 3 nitrogen and oxygen atoms in total. The van der Waals surface area contributed by atoms with Gasteiger partial charge in [0.1, 0.15) is 0 Å². The van der Waals surface area contributed by atoms with E-state index in [1.54, 1.807) is 23.1 Å². The van der Waals surface area contributed by atoms with E-state index in [0.717, 1.165) is 22.0 Å². The summed E-state index contributed by atoms with van der Waals surface area (Å²) in [6.45, 7) is 2.86. The number of benzene rings is 1. The molecule has 0 aliphatic heterocycles. The first-order chi connectivity index (χ1) is 16.3. The number of ether oxygens (including phenoxy) is 1. The molecular weight excluding hydrogens is 446 g/mol. The minimum absolute atomic E-state index is 0.0791. The molecule has 0 aliphatic carbocycles. The zero-order valence-electron chi connectivity index (χ0n) is 20.8. The molecule has 0 aliphatic rings. The third-order valence-electron chi connectivity index (χ3n) is 6.07. The van der Waals surface area contributed by atoms with Crippen molar-refractivity contribution in [1.29, 1.82) is 0 Å². The zero-order valence-corrected chi connectivity index (χ0v) is 22.5. The molecule has 5 heteroatoms. The van der Waals surface area contributed by atoms with Crippen molar-refractivity contribution in [2.75, 3.05) is 12.4 Å². The van der Waals surface area contributed by atoms with Crippen molar-refractivity contribution in [2.24, 2.45) is 0 Å². The van der Waals surface area contributed by atoms with Crippen LogP contribution >= 0.6 is 23.1 Å². The van der Waals surface area contributed by atoms with Crippen LogP contribution in [0.5, 0.6) is 0 Å². The molecule has 1 aromatic heterocycles. The average molecular weight is 492 g/mol. The summed E-state index contributed by atoms with van der Waals surface area (Å²) in [6.07, 6.45) is 22.2. The molecule has 186 valence electrons. The maximum absolute atomic E-state index is 11.9. The predicted molar refractivity (Wildman–Crippen MR) is 145 cm³/mol. The van der Waals surface area contributed by atoms with Gasteiger partial charge in [0.2, 0.25) is 0 Å². The van der Waals surface area contributed by atoms with Gasteiger partial charge in [0.25, 0.3) is 0 Å². The number of hydrogen-bond acceptors (Lipinski definition) is 5. The molecule has 0 atom stereocenters. The summed E-state index contributed by atoms with van der Waals surface area (Å²) in [6, 6.07) is 8.16. The van der Waals surface area contributed by atoms with Gasteiger partial charge in [-0.25, -0.2) is 4.98 Å². The summed E-state index contributed by atoms with van der Waals surface area (Å²) in [7, 11) is 0. The number of para-hydroxylation sites is 1. The first kappa shape index (κ1) is 28.2. The van der Waals surface area contributed by atoms with Crippen LogP contribution < -0.4 is 0 Å². The molecule has 0 amide bonds. The minimum atomic E-state index is -0.0791. The third kappa shape index (κ3) is 14.0. The second-order valence-corrected chi connectivity index (χ2v) is 11.4. The lowest BCUT2D eigenvalue weighted by molar-refractivity contribution is -0.143. The van der Waals surface area contributed by atoms with Crippen molar-refractivity contribution in [1.82, 2.24) is 4.98 Å². The molecule has 0 N–H and O–H groups in total. The van der Waals surface area contributed by atoms with Crippen LogP contribution in [0.2, 0.25) is 0 Å². The fourth-order valence-corrected chi connectivity index (χ4v) is 6.10. The molecule has 2 rings (SSSR count). The van der Waals surface area contributed by atoms with Gasteiger partial charge in [0, 0.05) is 5.75 Å². The van der Waals surface area contributed by atoms with Crippen LogP contribution in [0, 0.1) is 0 Å². The van der Waals surface area contributed by atoms with E-state index in [2.05, 4.69) is 18.0 Å². The van der Waals surface area contributed by atoms with E-state index in [-0.39, 0.29) is 5.97 Å². The molecule has 0 fully saturated rings. The van der Waals surface area contributed by atoms with Gasteiger partial charge in [-0.3, -0.25) is 4.79 Å². The summed E-state index contributed by atoms with van der Waals surface area (Å²) < 4.78 is 7.62. The molecule has 1 heterocycles. The number of thioether (sulfide) groups is 1. The number of hydrogen-bond donors (Lipinski definition) is 0. The molecule has 0 radical (unpaired) electrons. The van der Waals surface area contributed by atoms with Gasteiger partial charge >= 0.3 is 5.97 Å². The number of aromatic nitrogens is 1. The average Bonchev–Trinajstić information content (AvgIpc) is 3.24. The van der Waals surface area contributed by atoms with Gasteiger partial charge in [-0.2, -0.15) is 0 Å². The van der Waals surface area contributed by atoms with E-state index in [9.17, 15) is 4.79 Å². The number of carbonyl (C=O) groups is 1. The highest BCUT2D eigenvalue weighted by atomic mass is 32.2. The van der Waals surface area contributed by atoms with Gasteiger partial charge in [0.15, 0.2) is 4.34 Å². The Morgan fingerprint density at radius 1 is 0.818 bits per heavy atom. The van der Waals surface area contributed by atoms with Crippen molar-refractivity contribution in [3.05, 3.63) is 24.3 Å². The predicted octanol–water partition coefficient (Wildman–Crippen LogP) is 9.58. The Morgan fingerprint density at radius 2 is 1.36 bits per heavy atom. The SMILES string of the molecule is CCCCCCCCCCCCCCCCCCOC(=O)CCSc1nc2ccccc2s1. The summed E-state index contributed by atoms with van der Waals surface area (Å²) in [5.74, 6) is 0.655. The van der Waals surface area contributed by atoms with Crippen molar-refractivity contribution < 1.29 is 9.53 Å². The molecule has 0 spiro atoms. The maximum Gasteiger partial charge on any atom is 0.306 e. The van der Waals surface area contributed by atoms with Gasteiger partial charge in [-0.1, -0.05) is 127 Å². The van der Waals surface area contributed by atoms with Crippen LogP contribution in [-0.4, -0.2) is 23.3 Å². The van der Waals surface area contributed by atoms with Crippen LogP contribution in [0.4, 0.5) is 0 Å². The number of nitrogens with zero attached hydrogens (tertiary/aromatic N) is 1. The number of esters is 1. The monoisotopic (exact) mass is 491 g/mol. The van der Waals surface area contributed by atoms with E-state index < -0.39 is 0 Å². The molecule has 1 aromatic carbocycles. The van der Waals surface area contributed by atoms with Crippen molar-refractivity contribution >= 4 is 39.3 Å². The Kier molecular flexibility index (Phi) is 16.4. The Labute approximate surface area is 210 Å². The van der Waals surface area contributed by atoms with E-state index in [4.69, 9.17) is 4.74 Å². The number of carbonyl (C=O) groups excluding carboxylic acids is 1. The number of thiazole rings is 1. The second kappa shape index (κ2) is 19.3. The fourth-order valence-electron chi connectivity index (χ4n) is 4.04. The Balaban J connectivity index is 1.30. The summed E-state index contributed by atoms with van der Waals surface area (Å²) in [4.78, 5) is 16.5. The fraction of sp³-hybridized carbons (Fsp3) is 0.714. The summed E-state index contributed by atoms with van der Waals surface area (Å²) in [5, 5.41) is 0. The first-order valence-electron chi connectivity index (χ1n) is 13.4. The van der Waals surface area contributed by atoms with E-state index in [1.165, 1.54) is 101 Å². The van der Waals surface area contributed by atoms with Crippen molar-refractivity contribution in [2.45, 2.75) is 120 Å². The van der Waals surface area contributed by atoms with Crippen LogP contribution in [-0.2, 0) is 9.53 Å². The molecule has 0 saturated carbocycles. The Hall–Kier alpha value is -1.07. The van der Waals surface area contributed by atoms with Gasteiger partial charge in [0.05, 0.1) is 23.2 Å². The lowest BCUT2D eigenvalue weighted by Gasteiger charge is -2.05. The second-order valence-electron chi connectivity index (χ2n) is 9.07. The molecule has 0 bridgehead atoms. The third-order valence-corrected chi connectivity index (χ3v) is 8.25. The van der Waals surface area contributed by atoms with Crippen molar-refractivity contribution in [3.8, 4) is 0 Å². The van der Waals surface area contributed by atoms with Crippen LogP contribution in [0.3, 0.4) is 0 Å². The van der Waals surface area contributed by atoms with Crippen LogP contribution in [0.1, 0.15) is 116 Å². The number of rotatable bonds is 21. The van der Waals surface area contributed by atoms with Crippen LogP contribution in [0.25, 0.3) is 10.2 Å². The number of unbranched alkanes of at least 4 members (excludes halogenated alkanes) is 15. The Bertz CT molecular complexity index is 713. The molecule has 0 unspecified atom stereocenters. The van der Waals surface area contributed by atoms with Gasteiger partial charge < -0.3 is 4.74 Å². The lowest BCUT2D eigenvalue weighted by Crippen LogP contribution is -2.06. The first-order valence-corrected chi connectivity index (χ1v) is 15.2. The highest BCUT2D eigenvalue weighted by Gasteiger charge is 2.07. The quantitative estimate of drug-likeness (QED) is 0.0989. The molecule has 2 aromatic rings. The lowest BCUT2D eigenvalue weighted by atomic mass is 10.0. The van der Waals surface area contributed by atoms with Crippen molar-refractivity contribution in [3.63, 3.8) is 0 Å². The maximum atomic E-state index is 11.9. The Morgan fingerprint density at radius 3 is 1.94 bits per heavy atom. The molecular formula is C28H45NO2S2. The summed E-state index contributed by atoms with van der Waals surface area (Å²) in [5.41, 5.74) is 1.04. The zero-order chi connectivity index (χ0) is 23.4. The van der Waals surface area contributed by atoms with E-state index in [1.807, 2.05) is 18.2 Å². The highest BCUT2D eigenvalue weighted by Crippen LogP contribution is 2.29. The van der Waals surface area contributed by atoms with E-state index >= 15 is 0 Å². The normalized spacial score (nSPS) is 11.3. The minimum Gasteiger partial charge on any atom is -0.466 e. The van der Waals surface area contributed by atoms with Gasteiger partial charge in [-0.15, -0.1) is 11.3 Å². The molecule has 0 saturated heterocycles. The van der Waals surface area contributed by atoms with Gasteiger partial charge in [-0.05, 0) is 18.6 Å². The largest absolute Gasteiger partial charge is 0.466 e. The standard InChI is InChI=1S/C28H45NO2S2/c1-2-3-4-5-6-7-8-9-10-11-12-13-14-15-16-19-23-31-27(30)22-24-32-28-29-25-20-17-18-21-26(25)33-28/h17-18,20-21H,2-16,19,22-24H2,1H3. The van der Waals surface area contributed by atoms with Crippen LogP contribution in [0.15, 0.2) is 28.6 Å². The summed E-state index contributed by atoms with van der Waals surface area (Å²) >= 11 is 3.34. The van der Waals surface area contributed by atoms with E-state index in [0.29, 0.717) is 13.0 Å². The highest BCUT2D eigenvalue weighted by molar-refractivity contribution is 8.01. The number of fused-ring (bicyclic) bond motifs is 1. The topological polar surface area (TPSA) is 39.2 Å².